The van der Waals surface area contributed by atoms with Crippen molar-refractivity contribution in [3.05, 3.63) is 0 Å². The summed E-state index contributed by atoms with van der Waals surface area (Å²) < 4.78 is 56.6. The van der Waals surface area contributed by atoms with Crippen molar-refractivity contribution < 1.29 is 39.5 Å². The van der Waals surface area contributed by atoms with Gasteiger partial charge >= 0.3 is 34.7 Å². The van der Waals surface area contributed by atoms with Gasteiger partial charge in [-0.15, -0.1) is 0 Å². The Morgan fingerprint density at radius 3 is 1.08 bits per heavy atom. The molecule has 2 fully saturated rings. The summed E-state index contributed by atoms with van der Waals surface area (Å²) in [5.74, 6) is 0. The van der Waals surface area contributed by atoms with E-state index in [1.807, 2.05) is 27.7 Å². The van der Waals surface area contributed by atoms with E-state index in [2.05, 4.69) is 36.0 Å². The van der Waals surface area contributed by atoms with Crippen LogP contribution in [0.1, 0.15) is 27.7 Å². The van der Waals surface area contributed by atoms with E-state index in [9.17, 15) is 0 Å². The third kappa shape index (κ3) is 11.8. The first-order valence-corrected chi connectivity index (χ1v) is 23.3. The van der Waals surface area contributed by atoms with Gasteiger partial charge in [-0.25, -0.2) is 0 Å². The highest BCUT2D eigenvalue weighted by atomic mass is 28.5. The summed E-state index contributed by atoms with van der Waals surface area (Å²) >= 11 is 0. The first-order chi connectivity index (χ1) is 17.5. The van der Waals surface area contributed by atoms with Crippen LogP contribution in [0.4, 0.5) is 0 Å². The van der Waals surface area contributed by atoms with Gasteiger partial charge in [-0.3, -0.25) is 9.80 Å². The van der Waals surface area contributed by atoms with Crippen LogP contribution in [-0.2, 0) is 39.5 Å². The van der Waals surface area contributed by atoms with Gasteiger partial charge < -0.3 is 39.5 Å². The fourth-order valence-electron chi connectivity index (χ4n) is 4.78. The molecule has 15 heteroatoms. The van der Waals surface area contributed by atoms with Crippen LogP contribution in [0.5, 0.6) is 0 Å². The smallest absolute Gasteiger partial charge is 0.416 e. The van der Waals surface area contributed by atoms with E-state index in [4.69, 9.17) is 39.5 Å². The number of ether oxygens (including phenoxy) is 2. The van der Waals surface area contributed by atoms with Crippen LogP contribution >= 0.6 is 0 Å². The molecule has 220 valence electrons. The average Bonchev–Trinajstić information content (AvgIpc) is 2.79. The van der Waals surface area contributed by atoms with Crippen LogP contribution in [0.2, 0.25) is 26.2 Å². The average molecular weight is 601 g/mol. The molecule has 0 unspecified atom stereocenters. The van der Waals surface area contributed by atoms with Crippen molar-refractivity contribution in [3.8, 4) is 0 Å². The van der Waals surface area contributed by atoms with Crippen molar-refractivity contribution >= 4 is 34.7 Å². The van der Waals surface area contributed by atoms with Crippen LogP contribution in [-0.4, -0.2) is 136 Å². The van der Waals surface area contributed by atoms with Crippen molar-refractivity contribution in [2.45, 2.75) is 53.9 Å². The van der Waals surface area contributed by atoms with E-state index >= 15 is 0 Å². The molecule has 2 heterocycles. The van der Waals surface area contributed by atoms with Crippen LogP contribution in [0, 0.1) is 0 Å². The van der Waals surface area contributed by atoms with Crippen LogP contribution < -0.4 is 0 Å². The molecule has 0 atom stereocenters. The lowest BCUT2D eigenvalue weighted by molar-refractivity contribution is 0.0251. The SMILES string of the molecule is CCO[Si](CN1CCOCC1)(OCC)O[Si](C)(C)O[Si](C)(C)O[Si](CN1CCOCC1)(OCC)OCC. The highest BCUT2D eigenvalue weighted by Gasteiger charge is 2.54. The second kappa shape index (κ2) is 16.0. The van der Waals surface area contributed by atoms with E-state index in [1.165, 1.54) is 0 Å². The van der Waals surface area contributed by atoms with Gasteiger partial charge in [-0.2, -0.15) is 0 Å². The van der Waals surface area contributed by atoms with Crippen molar-refractivity contribution in [3.63, 3.8) is 0 Å². The number of hydrogen-bond acceptors (Lipinski definition) is 11. The van der Waals surface area contributed by atoms with Crippen LogP contribution in [0.25, 0.3) is 0 Å². The Morgan fingerprint density at radius 2 is 0.811 bits per heavy atom. The van der Waals surface area contributed by atoms with Gasteiger partial charge in [0.1, 0.15) is 0 Å². The summed E-state index contributed by atoms with van der Waals surface area (Å²) in [5, 5.41) is 0. The molecule has 0 N–H and O–H groups in total. The maximum absolute atomic E-state index is 6.82. The molecule has 0 radical (unpaired) electrons. The van der Waals surface area contributed by atoms with Crippen LogP contribution in [0.15, 0.2) is 0 Å². The molecule has 0 saturated carbocycles. The van der Waals surface area contributed by atoms with E-state index in [0.717, 1.165) is 26.2 Å². The Labute approximate surface area is 229 Å². The summed E-state index contributed by atoms with van der Waals surface area (Å²) in [7, 11) is -11.6. The molecule has 0 bridgehead atoms. The number of hydrogen-bond donors (Lipinski definition) is 0. The van der Waals surface area contributed by atoms with Gasteiger partial charge in [0, 0.05) is 52.6 Å². The predicted molar refractivity (Wildman–Crippen MR) is 151 cm³/mol. The van der Waals surface area contributed by atoms with Crippen molar-refractivity contribution in [2.24, 2.45) is 0 Å². The lowest BCUT2D eigenvalue weighted by Gasteiger charge is -2.43. The van der Waals surface area contributed by atoms with Crippen molar-refractivity contribution in [1.29, 1.82) is 0 Å². The summed E-state index contributed by atoms with van der Waals surface area (Å²) in [6.07, 6.45) is 1.24. The fraction of sp³-hybridized carbons (Fsp3) is 1.00. The van der Waals surface area contributed by atoms with E-state index in [0.29, 0.717) is 65.2 Å². The number of rotatable bonds is 18. The number of morpholine rings is 2. The zero-order chi connectivity index (χ0) is 27.4. The summed E-state index contributed by atoms with van der Waals surface area (Å²) in [6, 6.07) is 0. The second-order valence-corrected chi connectivity index (χ2v) is 22.5. The van der Waals surface area contributed by atoms with Gasteiger partial charge in [0.25, 0.3) is 0 Å². The molecule has 2 rings (SSSR count). The first-order valence-electron chi connectivity index (χ1n) is 13.8. The minimum absolute atomic E-state index is 0.516. The van der Waals surface area contributed by atoms with Gasteiger partial charge in [-0.1, -0.05) is 0 Å². The summed E-state index contributed by atoms with van der Waals surface area (Å²) in [5.41, 5.74) is 0. The van der Waals surface area contributed by atoms with E-state index in [-0.39, 0.29) is 0 Å². The predicted octanol–water partition coefficient (Wildman–Crippen LogP) is 2.21. The highest BCUT2D eigenvalue weighted by Crippen LogP contribution is 2.27. The molecule has 11 nitrogen and oxygen atoms in total. The zero-order valence-corrected chi connectivity index (χ0v) is 28.5. The minimum Gasteiger partial charge on any atom is -0.416 e. The molecule has 0 aromatic rings. The molecule has 0 aromatic heterocycles. The molecule has 2 aliphatic rings. The van der Waals surface area contributed by atoms with Gasteiger partial charge in [-0.05, 0) is 53.9 Å². The fourth-order valence-corrected chi connectivity index (χ4v) is 22.1. The molecule has 0 aromatic carbocycles. The Hall–Kier alpha value is 0.428. The molecule has 0 aliphatic carbocycles. The Kier molecular flexibility index (Phi) is 14.6. The maximum Gasteiger partial charge on any atom is 0.506 e. The Morgan fingerprint density at radius 1 is 0.514 bits per heavy atom. The summed E-state index contributed by atoms with van der Waals surface area (Å²) in [6.45, 7) is 24.4. The largest absolute Gasteiger partial charge is 0.506 e. The third-order valence-corrected chi connectivity index (χ3v) is 20.7. The van der Waals surface area contributed by atoms with Crippen molar-refractivity contribution in [1.82, 2.24) is 9.80 Å². The maximum atomic E-state index is 6.82. The molecule has 37 heavy (non-hydrogen) atoms. The van der Waals surface area contributed by atoms with E-state index < -0.39 is 34.7 Å². The van der Waals surface area contributed by atoms with Crippen LogP contribution in [0.3, 0.4) is 0 Å². The van der Waals surface area contributed by atoms with E-state index in [1.54, 1.807) is 0 Å². The molecule has 0 amide bonds. The lowest BCUT2D eigenvalue weighted by Crippen LogP contribution is -2.66. The molecule has 2 aliphatic heterocycles. The molecular formula is C22H52N2O9Si4. The lowest BCUT2D eigenvalue weighted by atomic mass is 10.5. The standard InChI is InChI=1S/C22H52N2O9Si4/c1-9-27-36(28-10-2,21-23-13-17-25-18-14-23)32-34(5,6)31-35(7,8)33-37(29-11-3,30-12-4)22-24-15-19-26-20-16-24/h9-22H2,1-8H3. The number of nitrogens with zero attached hydrogens (tertiary/aromatic N) is 2. The Bertz CT molecular complexity index is 575. The molecule has 0 spiro atoms. The monoisotopic (exact) mass is 600 g/mol. The summed E-state index contributed by atoms with van der Waals surface area (Å²) in [4.78, 5) is 4.63. The Balaban J connectivity index is 2.19. The normalized spacial score (nSPS) is 19.5. The van der Waals surface area contributed by atoms with Gasteiger partial charge in [0.15, 0.2) is 0 Å². The first kappa shape index (κ1) is 33.6. The van der Waals surface area contributed by atoms with Crippen molar-refractivity contribution in [2.75, 3.05) is 91.4 Å². The topological polar surface area (TPSA) is 89.6 Å². The molecule has 2 saturated heterocycles. The van der Waals surface area contributed by atoms with Gasteiger partial charge in [0.2, 0.25) is 0 Å². The molecular weight excluding hydrogens is 549 g/mol. The minimum atomic E-state index is -3.04. The third-order valence-electron chi connectivity index (χ3n) is 5.79. The zero-order valence-electron chi connectivity index (χ0n) is 24.5. The second-order valence-electron chi connectivity index (χ2n) is 9.98. The van der Waals surface area contributed by atoms with Gasteiger partial charge in [0.05, 0.1) is 38.8 Å². The highest BCUT2D eigenvalue weighted by molar-refractivity contribution is 6.86. The quantitative estimate of drug-likeness (QED) is 0.217.